The largest absolute Gasteiger partial charge is 0.357 e. The highest BCUT2D eigenvalue weighted by molar-refractivity contribution is 14.0. The van der Waals surface area contributed by atoms with Crippen LogP contribution in [0.1, 0.15) is 26.5 Å². The van der Waals surface area contributed by atoms with Gasteiger partial charge < -0.3 is 15.2 Å². The zero-order chi connectivity index (χ0) is 17.8. The summed E-state index contributed by atoms with van der Waals surface area (Å²) in [4.78, 5) is 4.45. The Hall–Kier alpha value is -0.190. The van der Waals surface area contributed by atoms with E-state index >= 15 is 0 Å². The van der Waals surface area contributed by atoms with Crippen LogP contribution >= 0.6 is 47.2 Å². The number of nitrogens with one attached hydrogen (secondary N) is 2. The third-order valence-electron chi connectivity index (χ3n) is 3.64. The quantitative estimate of drug-likeness (QED) is 0.350. The molecule has 1 rings (SSSR count). The molecule has 0 radical (unpaired) electrons. The highest BCUT2D eigenvalue weighted by Crippen LogP contribution is 2.25. The van der Waals surface area contributed by atoms with Crippen molar-refractivity contribution < 1.29 is 8.42 Å². The van der Waals surface area contributed by atoms with Crippen molar-refractivity contribution in [2.45, 2.75) is 32.1 Å². The van der Waals surface area contributed by atoms with Crippen LogP contribution in [-0.4, -0.2) is 43.0 Å². The second kappa shape index (κ2) is 9.49. The standard InChI is InChI=1S/C14H24Cl2N4O2S.HI/c1-6-17-13(19-9-14(2,3)23(5,21)22)18-8-10-7-11(15)12(16)20(10)4;/h7H,6,8-9H2,1-5H3,(H2,17,18,19);1H. The van der Waals surface area contributed by atoms with Crippen molar-refractivity contribution in [2.24, 2.45) is 12.0 Å². The molecule has 24 heavy (non-hydrogen) atoms. The number of guanidine groups is 1. The van der Waals surface area contributed by atoms with Crippen LogP contribution in [0.2, 0.25) is 10.2 Å². The maximum absolute atomic E-state index is 11.8. The molecular weight excluding hydrogens is 486 g/mol. The fourth-order valence-corrected chi connectivity index (χ4v) is 2.42. The van der Waals surface area contributed by atoms with E-state index in [0.717, 1.165) is 5.69 Å². The van der Waals surface area contributed by atoms with Gasteiger partial charge in [-0.25, -0.2) is 13.4 Å². The van der Waals surface area contributed by atoms with Crippen LogP contribution in [0.15, 0.2) is 11.1 Å². The van der Waals surface area contributed by atoms with E-state index in [1.165, 1.54) is 6.26 Å². The second-order valence-electron chi connectivity index (χ2n) is 5.91. The van der Waals surface area contributed by atoms with E-state index < -0.39 is 14.6 Å². The lowest BCUT2D eigenvalue weighted by atomic mass is 10.2. The van der Waals surface area contributed by atoms with Crippen molar-refractivity contribution >= 4 is 63.0 Å². The minimum Gasteiger partial charge on any atom is -0.357 e. The van der Waals surface area contributed by atoms with Crippen LogP contribution in [0.25, 0.3) is 0 Å². The second-order valence-corrected chi connectivity index (χ2v) is 9.33. The van der Waals surface area contributed by atoms with Gasteiger partial charge >= 0.3 is 0 Å². The molecule has 0 fully saturated rings. The fraction of sp³-hybridized carbons (Fsp3) is 0.643. The van der Waals surface area contributed by atoms with Gasteiger partial charge in [0.2, 0.25) is 0 Å². The van der Waals surface area contributed by atoms with Gasteiger partial charge in [0.05, 0.1) is 16.3 Å². The summed E-state index contributed by atoms with van der Waals surface area (Å²) in [6.45, 7) is 6.59. The lowest BCUT2D eigenvalue weighted by molar-refractivity contribution is 0.544. The molecule has 0 aliphatic carbocycles. The maximum Gasteiger partial charge on any atom is 0.191 e. The molecule has 0 saturated carbocycles. The molecule has 0 unspecified atom stereocenters. The van der Waals surface area contributed by atoms with E-state index in [1.807, 2.05) is 14.0 Å². The molecule has 0 saturated heterocycles. The number of sulfone groups is 1. The molecule has 0 aliphatic rings. The van der Waals surface area contributed by atoms with Gasteiger partial charge in [0.25, 0.3) is 0 Å². The SMILES string of the molecule is CCNC(=NCc1cc(Cl)c(Cl)n1C)NCC(C)(C)S(C)(=O)=O.I. The summed E-state index contributed by atoms with van der Waals surface area (Å²) in [6, 6.07) is 1.76. The van der Waals surface area contributed by atoms with Crippen LogP contribution in [0.5, 0.6) is 0 Å². The fourth-order valence-electron chi connectivity index (χ4n) is 1.67. The molecule has 140 valence electrons. The lowest BCUT2D eigenvalue weighted by Gasteiger charge is -2.24. The number of halogens is 3. The van der Waals surface area contributed by atoms with Gasteiger partial charge in [0.15, 0.2) is 15.8 Å². The van der Waals surface area contributed by atoms with Gasteiger partial charge in [0, 0.05) is 32.1 Å². The summed E-state index contributed by atoms with van der Waals surface area (Å²) in [5, 5.41) is 7.10. The average Bonchev–Trinajstić information content (AvgIpc) is 2.68. The molecule has 10 heteroatoms. The minimum atomic E-state index is -3.17. The highest BCUT2D eigenvalue weighted by atomic mass is 127. The van der Waals surface area contributed by atoms with Gasteiger partial charge in [-0.2, -0.15) is 0 Å². The number of rotatable bonds is 6. The average molecular weight is 511 g/mol. The first-order chi connectivity index (χ1) is 10.5. The molecular formula is C14H25Cl2IN4O2S. The van der Waals surface area contributed by atoms with E-state index in [0.29, 0.717) is 29.2 Å². The van der Waals surface area contributed by atoms with Crippen molar-refractivity contribution in [1.29, 1.82) is 0 Å². The number of nitrogens with zero attached hydrogens (tertiary/aromatic N) is 2. The van der Waals surface area contributed by atoms with Crippen molar-refractivity contribution in [3.05, 3.63) is 21.9 Å². The maximum atomic E-state index is 11.8. The summed E-state index contributed by atoms with van der Waals surface area (Å²) in [7, 11) is -1.36. The normalized spacial score (nSPS) is 12.7. The Bertz CT molecular complexity index is 687. The number of aliphatic imine (C=N–C) groups is 1. The van der Waals surface area contributed by atoms with Gasteiger partial charge in [-0.1, -0.05) is 23.2 Å². The predicted octanol–water partition coefficient (Wildman–Crippen LogP) is 2.83. The van der Waals surface area contributed by atoms with Crippen LogP contribution in [-0.2, 0) is 23.4 Å². The smallest absolute Gasteiger partial charge is 0.191 e. The molecule has 6 nitrogen and oxygen atoms in total. The summed E-state index contributed by atoms with van der Waals surface area (Å²) in [5.41, 5.74) is 0.861. The minimum absolute atomic E-state index is 0. The predicted molar refractivity (Wildman–Crippen MR) is 113 cm³/mol. The van der Waals surface area contributed by atoms with E-state index in [2.05, 4.69) is 15.6 Å². The lowest BCUT2D eigenvalue weighted by Crippen LogP contribution is -2.47. The van der Waals surface area contributed by atoms with Gasteiger partial charge in [0.1, 0.15) is 5.15 Å². The summed E-state index contributed by atoms with van der Waals surface area (Å²) >= 11 is 12.0. The van der Waals surface area contributed by atoms with Crippen molar-refractivity contribution in [1.82, 2.24) is 15.2 Å². The molecule has 0 aromatic carbocycles. The summed E-state index contributed by atoms with van der Waals surface area (Å²) in [6.07, 6.45) is 1.23. The molecule has 1 heterocycles. The Morgan fingerprint density at radius 2 is 1.92 bits per heavy atom. The Morgan fingerprint density at radius 1 is 1.33 bits per heavy atom. The number of hydrogen-bond donors (Lipinski definition) is 2. The zero-order valence-electron chi connectivity index (χ0n) is 14.5. The molecule has 0 atom stereocenters. The highest BCUT2D eigenvalue weighted by Gasteiger charge is 2.30. The van der Waals surface area contributed by atoms with Crippen molar-refractivity contribution in [3.8, 4) is 0 Å². The van der Waals surface area contributed by atoms with E-state index in [4.69, 9.17) is 23.2 Å². The molecule has 0 aliphatic heterocycles. The van der Waals surface area contributed by atoms with Crippen LogP contribution in [0, 0.1) is 0 Å². The Labute approximate surface area is 171 Å². The first-order valence-electron chi connectivity index (χ1n) is 7.21. The summed E-state index contributed by atoms with van der Waals surface area (Å²) in [5.74, 6) is 0.540. The number of aromatic nitrogens is 1. The molecule has 2 N–H and O–H groups in total. The Kier molecular flexibility index (Phi) is 9.42. The van der Waals surface area contributed by atoms with Gasteiger partial charge in [-0.3, -0.25) is 0 Å². The molecule has 0 amide bonds. The van der Waals surface area contributed by atoms with Gasteiger partial charge in [-0.15, -0.1) is 24.0 Å². The first-order valence-corrected chi connectivity index (χ1v) is 9.85. The van der Waals surface area contributed by atoms with E-state index in [-0.39, 0.29) is 30.5 Å². The monoisotopic (exact) mass is 510 g/mol. The van der Waals surface area contributed by atoms with E-state index in [1.54, 1.807) is 24.5 Å². The molecule has 1 aromatic heterocycles. The van der Waals surface area contributed by atoms with E-state index in [9.17, 15) is 8.42 Å². The van der Waals surface area contributed by atoms with Crippen molar-refractivity contribution in [2.75, 3.05) is 19.3 Å². The third kappa shape index (κ3) is 6.27. The Morgan fingerprint density at radius 3 is 2.33 bits per heavy atom. The van der Waals surface area contributed by atoms with Crippen LogP contribution in [0.3, 0.4) is 0 Å². The third-order valence-corrected chi connectivity index (χ3v) is 6.64. The first kappa shape index (κ1) is 23.8. The molecule has 0 spiro atoms. The van der Waals surface area contributed by atoms with Crippen molar-refractivity contribution in [3.63, 3.8) is 0 Å². The zero-order valence-corrected chi connectivity index (χ0v) is 19.1. The molecule has 1 aromatic rings. The molecule has 0 bridgehead atoms. The summed E-state index contributed by atoms with van der Waals surface area (Å²) < 4.78 is 24.4. The number of hydrogen-bond acceptors (Lipinski definition) is 3. The topological polar surface area (TPSA) is 75.5 Å². The van der Waals surface area contributed by atoms with Crippen LogP contribution in [0.4, 0.5) is 0 Å². The van der Waals surface area contributed by atoms with Gasteiger partial charge in [-0.05, 0) is 26.8 Å². The van der Waals surface area contributed by atoms with Crippen LogP contribution < -0.4 is 10.6 Å². The Balaban J connectivity index is 0.00000529.